The van der Waals surface area contributed by atoms with Crippen molar-refractivity contribution in [3.05, 3.63) is 88.9 Å². The van der Waals surface area contributed by atoms with Crippen LogP contribution in [0.25, 0.3) is 0 Å². The van der Waals surface area contributed by atoms with Crippen molar-refractivity contribution in [2.24, 2.45) is 0 Å². The summed E-state index contributed by atoms with van der Waals surface area (Å²) in [5, 5.41) is 6.38. The molecule has 3 aromatic carbocycles. The van der Waals surface area contributed by atoms with E-state index < -0.39 is 0 Å². The summed E-state index contributed by atoms with van der Waals surface area (Å²) in [6.45, 7) is 2.60. The molecule has 2 amide bonds. The van der Waals surface area contributed by atoms with Gasteiger partial charge in [-0.25, -0.2) is 0 Å². The third-order valence-corrected chi connectivity index (χ3v) is 6.22. The van der Waals surface area contributed by atoms with Crippen molar-refractivity contribution in [3.8, 4) is 5.75 Å². The van der Waals surface area contributed by atoms with E-state index in [1.165, 1.54) is 0 Å². The summed E-state index contributed by atoms with van der Waals surface area (Å²) in [6, 6.07) is 21.6. The molecule has 0 unspecified atom stereocenters. The average molecular weight is 509 g/mol. The normalized spacial score (nSPS) is 13.2. The Labute approximate surface area is 214 Å². The van der Waals surface area contributed by atoms with E-state index in [0.717, 1.165) is 5.69 Å². The molecule has 9 heteroatoms. The van der Waals surface area contributed by atoms with Crippen LogP contribution in [-0.4, -0.2) is 55.1 Å². The van der Waals surface area contributed by atoms with Crippen molar-refractivity contribution < 1.29 is 14.3 Å². The Morgan fingerprint density at radius 3 is 2.23 bits per heavy atom. The van der Waals surface area contributed by atoms with E-state index in [-0.39, 0.29) is 16.9 Å². The predicted molar refractivity (Wildman–Crippen MR) is 143 cm³/mol. The van der Waals surface area contributed by atoms with Gasteiger partial charge in [0.2, 0.25) is 0 Å². The first-order valence-electron chi connectivity index (χ1n) is 11.1. The highest BCUT2D eigenvalue weighted by Gasteiger charge is 2.23. The average Bonchev–Trinajstić information content (AvgIpc) is 2.89. The van der Waals surface area contributed by atoms with Crippen LogP contribution >= 0.6 is 23.8 Å². The number of amides is 2. The minimum atomic E-state index is -0.323. The molecule has 1 aliphatic heterocycles. The molecule has 0 aromatic heterocycles. The summed E-state index contributed by atoms with van der Waals surface area (Å²) < 4.78 is 5.10. The fourth-order valence-corrected chi connectivity index (χ4v) is 4.35. The maximum atomic E-state index is 12.7. The van der Waals surface area contributed by atoms with Crippen LogP contribution in [0.2, 0.25) is 5.02 Å². The maximum Gasteiger partial charge on any atom is 0.257 e. The van der Waals surface area contributed by atoms with E-state index in [0.29, 0.717) is 53.8 Å². The zero-order valence-electron chi connectivity index (χ0n) is 19.2. The van der Waals surface area contributed by atoms with Gasteiger partial charge < -0.3 is 19.9 Å². The second kappa shape index (κ2) is 11.2. The van der Waals surface area contributed by atoms with Gasteiger partial charge in [0.05, 0.1) is 17.8 Å². The number of carbonyl (C=O) groups excluding carboxylic acids is 2. The van der Waals surface area contributed by atoms with Crippen LogP contribution in [0.3, 0.4) is 0 Å². The van der Waals surface area contributed by atoms with E-state index in [4.69, 9.17) is 28.6 Å². The maximum absolute atomic E-state index is 12.7. The van der Waals surface area contributed by atoms with Gasteiger partial charge in [-0.1, -0.05) is 29.8 Å². The Hall–Kier alpha value is -3.62. The van der Waals surface area contributed by atoms with Crippen LogP contribution in [0.1, 0.15) is 20.7 Å². The summed E-state index contributed by atoms with van der Waals surface area (Å²) in [4.78, 5) is 29.1. The number of hydrogen-bond donors (Lipinski definition) is 2. The molecule has 4 rings (SSSR count). The zero-order chi connectivity index (χ0) is 24.8. The van der Waals surface area contributed by atoms with Crippen molar-refractivity contribution in [1.82, 2.24) is 10.2 Å². The molecule has 0 aliphatic carbocycles. The SMILES string of the molecule is COc1ccc(C(=O)NC(=S)Nc2ccc(N3CCN(C(=O)c4ccccc4)CC3)c(Cl)c2)cc1. The predicted octanol–water partition coefficient (Wildman–Crippen LogP) is 4.44. The number of rotatable bonds is 5. The van der Waals surface area contributed by atoms with Crippen molar-refractivity contribution in [2.45, 2.75) is 0 Å². The van der Waals surface area contributed by atoms with Crippen molar-refractivity contribution in [2.75, 3.05) is 43.5 Å². The molecule has 0 spiro atoms. The summed E-state index contributed by atoms with van der Waals surface area (Å²) >= 11 is 11.8. The highest BCUT2D eigenvalue weighted by Crippen LogP contribution is 2.30. The first kappa shape index (κ1) is 24.5. The van der Waals surface area contributed by atoms with Gasteiger partial charge in [0, 0.05) is 43.0 Å². The number of nitrogens with zero attached hydrogens (tertiary/aromatic N) is 2. The Morgan fingerprint density at radius 1 is 0.914 bits per heavy atom. The van der Waals surface area contributed by atoms with Gasteiger partial charge in [0.25, 0.3) is 11.8 Å². The quantitative estimate of drug-likeness (QED) is 0.496. The van der Waals surface area contributed by atoms with Crippen molar-refractivity contribution >= 4 is 52.1 Å². The Bertz CT molecular complexity index is 1210. The second-order valence-corrected chi connectivity index (χ2v) is 8.76. The van der Waals surface area contributed by atoms with E-state index in [2.05, 4.69) is 15.5 Å². The number of piperazine rings is 1. The first-order valence-corrected chi connectivity index (χ1v) is 11.9. The Kier molecular flexibility index (Phi) is 7.84. The molecule has 0 bridgehead atoms. The van der Waals surface area contributed by atoms with Gasteiger partial charge in [-0.05, 0) is 66.8 Å². The molecule has 180 valence electrons. The van der Waals surface area contributed by atoms with Crippen LogP contribution in [0, 0.1) is 0 Å². The second-order valence-electron chi connectivity index (χ2n) is 7.95. The topological polar surface area (TPSA) is 73.9 Å². The van der Waals surface area contributed by atoms with E-state index in [9.17, 15) is 9.59 Å². The summed E-state index contributed by atoms with van der Waals surface area (Å²) in [5.41, 5.74) is 2.71. The molecule has 0 atom stereocenters. The number of benzene rings is 3. The number of ether oxygens (including phenoxy) is 1. The number of methoxy groups -OCH3 is 1. The van der Waals surface area contributed by atoms with Crippen LogP contribution in [-0.2, 0) is 0 Å². The van der Waals surface area contributed by atoms with Crippen LogP contribution in [0.4, 0.5) is 11.4 Å². The minimum Gasteiger partial charge on any atom is -0.497 e. The lowest BCUT2D eigenvalue weighted by atomic mass is 10.1. The van der Waals surface area contributed by atoms with Gasteiger partial charge in [-0.2, -0.15) is 0 Å². The van der Waals surface area contributed by atoms with E-state index in [1.807, 2.05) is 47.4 Å². The molecule has 0 saturated carbocycles. The van der Waals surface area contributed by atoms with Crippen LogP contribution < -0.4 is 20.3 Å². The molecule has 0 radical (unpaired) electrons. The number of anilines is 2. The lowest BCUT2D eigenvalue weighted by molar-refractivity contribution is 0.0746. The summed E-state index contributed by atoms with van der Waals surface area (Å²) in [5.74, 6) is 0.387. The van der Waals surface area contributed by atoms with Gasteiger partial charge in [-0.3, -0.25) is 14.9 Å². The number of hydrogen-bond acceptors (Lipinski definition) is 5. The highest BCUT2D eigenvalue weighted by molar-refractivity contribution is 7.80. The van der Waals surface area contributed by atoms with Gasteiger partial charge in [-0.15, -0.1) is 0 Å². The number of halogens is 1. The Balaban J connectivity index is 1.31. The molecule has 3 aromatic rings. The fraction of sp³-hybridized carbons (Fsp3) is 0.192. The Morgan fingerprint density at radius 2 is 1.60 bits per heavy atom. The van der Waals surface area contributed by atoms with E-state index >= 15 is 0 Å². The standard InChI is InChI=1S/C26H25ClN4O3S/c1-34-21-10-7-18(8-11-21)24(32)29-26(35)28-20-9-12-23(22(27)17-20)30-13-15-31(16-14-30)25(33)19-5-3-2-4-6-19/h2-12,17H,13-16H2,1H3,(H2,28,29,32,35). The van der Waals surface area contributed by atoms with Crippen molar-refractivity contribution in [3.63, 3.8) is 0 Å². The third kappa shape index (κ3) is 6.09. The lowest BCUT2D eigenvalue weighted by Gasteiger charge is -2.36. The highest BCUT2D eigenvalue weighted by atomic mass is 35.5. The molecule has 2 N–H and O–H groups in total. The summed E-state index contributed by atoms with van der Waals surface area (Å²) in [7, 11) is 1.57. The van der Waals surface area contributed by atoms with E-state index in [1.54, 1.807) is 37.4 Å². The van der Waals surface area contributed by atoms with Gasteiger partial charge in [0.15, 0.2) is 5.11 Å². The molecule has 35 heavy (non-hydrogen) atoms. The zero-order valence-corrected chi connectivity index (χ0v) is 20.7. The minimum absolute atomic E-state index is 0.0427. The van der Waals surface area contributed by atoms with Crippen molar-refractivity contribution in [1.29, 1.82) is 0 Å². The molecular formula is C26H25ClN4O3S. The largest absolute Gasteiger partial charge is 0.497 e. The smallest absolute Gasteiger partial charge is 0.257 e. The number of thiocarbonyl (C=S) groups is 1. The van der Waals surface area contributed by atoms with Crippen LogP contribution in [0.15, 0.2) is 72.8 Å². The molecule has 1 fully saturated rings. The number of nitrogens with one attached hydrogen (secondary N) is 2. The van der Waals surface area contributed by atoms with Crippen LogP contribution in [0.5, 0.6) is 5.75 Å². The molecule has 1 saturated heterocycles. The lowest BCUT2D eigenvalue weighted by Crippen LogP contribution is -2.48. The summed E-state index contributed by atoms with van der Waals surface area (Å²) in [6.07, 6.45) is 0. The molecule has 1 heterocycles. The number of carbonyl (C=O) groups is 2. The molecular weight excluding hydrogens is 484 g/mol. The molecule has 7 nitrogen and oxygen atoms in total. The first-order chi connectivity index (χ1) is 16.9. The molecule has 1 aliphatic rings. The fourth-order valence-electron chi connectivity index (χ4n) is 3.83. The van der Waals surface area contributed by atoms with Gasteiger partial charge in [0.1, 0.15) is 5.75 Å². The monoisotopic (exact) mass is 508 g/mol. The van der Waals surface area contributed by atoms with Gasteiger partial charge >= 0.3 is 0 Å². The third-order valence-electron chi connectivity index (χ3n) is 5.71.